The van der Waals surface area contributed by atoms with Gasteiger partial charge in [-0.1, -0.05) is 17.7 Å². The number of hydrogen-bond acceptors (Lipinski definition) is 3. The number of halogens is 2. The predicted octanol–water partition coefficient (Wildman–Crippen LogP) is 3.27. The molecule has 1 fully saturated rings. The van der Waals surface area contributed by atoms with Gasteiger partial charge in [0.05, 0.1) is 16.6 Å². The molecule has 0 N–H and O–H groups in total. The van der Waals surface area contributed by atoms with Crippen LogP contribution in [0.2, 0.25) is 0 Å². The first-order valence-corrected chi connectivity index (χ1v) is 10.0. The molecule has 7 heteroatoms. The van der Waals surface area contributed by atoms with Crippen LogP contribution in [-0.2, 0) is 10.0 Å². The first kappa shape index (κ1) is 17.4. The minimum absolute atomic E-state index is 0.0526. The second-order valence-electron chi connectivity index (χ2n) is 7.19. The van der Waals surface area contributed by atoms with Crippen LogP contribution >= 0.6 is 0 Å². The van der Waals surface area contributed by atoms with Crippen LogP contribution < -0.4 is 4.31 Å². The van der Waals surface area contributed by atoms with E-state index in [2.05, 4.69) is 4.90 Å². The molecule has 138 valence electrons. The summed E-state index contributed by atoms with van der Waals surface area (Å²) in [6.07, 6.45) is 0.673. The summed E-state index contributed by atoms with van der Waals surface area (Å²) in [5.74, 6) is -1.74. The van der Waals surface area contributed by atoms with E-state index in [9.17, 15) is 17.2 Å². The molecule has 0 aliphatic carbocycles. The van der Waals surface area contributed by atoms with Gasteiger partial charge in [0.15, 0.2) is 0 Å². The summed E-state index contributed by atoms with van der Waals surface area (Å²) >= 11 is 0. The Morgan fingerprint density at radius 3 is 2.46 bits per heavy atom. The molecule has 2 aliphatic heterocycles. The highest BCUT2D eigenvalue weighted by atomic mass is 32.2. The maximum Gasteiger partial charge on any atom is 0.264 e. The number of rotatable bonds is 2. The smallest absolute Gasteiger partial charge is 0.264 e. The summed E-state index contributed by atoms with van der Waals surface area (Å²) in [4.78, 5) is 1.84. The van der Waals surface area contributed by atoms with Crippen LogP contribution in [0, 0.1) is 18.6 Å². The van der Waals surface area contributed by atoms with Crippen molar-refractivity contribution in [3.63, 3.8) is 0 Å². The average Bonchev–Trinajstić information content (AvgIpc) is 2.87. The van der Waals surface area contributed by atoms with E-state index in [1.807, 2.05) is 26.1 Å². The van der Waals surface area contributed by atoms with Gasteiger partial charge in [0.1, 0.15) is 11.6 Å². The van der Waals surface area contributed by atoms with Crippen LogP contribution in [0.1, 0.15) is 23.5 Å². The van der Waals surface area contributed by atoms with E-state index in [0.717, 1.165) is 36.3 Å². The van der Waals surface area contributed by atoms with Gasteiger partial charge in [-0.3, -0.25) is 4.31 Å². The topological polar surface area (TPSA) is 40.6 Å². The number of hydrogen-bond donors (Lipinski definition) is 0. The number of nitrogens with zero attached hydrogens (tertiary/aromatic N) is 2. The summed E-state index contributed by atoms with van der Waals surface area (Å²) in [6.45, 7) is 3.50. The lowest BCUT2D eigenvalue weighted by Crippen LogP contribution is -2.47. The third kappa shape index (κ3) is 2.70. The highest BCUT2D eigenvalue weighted by Crippen LogP contribution is 2.47. The van der Waals surface area contributed by atoms with Gasteiger partial charge in [0.2, 0.25) is 0 Å². The van der Waals surface area contributed by atoms with Gasteiger partial charge in [0, 0.05) is 18.5 Å². The molecular weight excluding hydrogens is 358 g/mol. The van der Waals surface area contributed by atoms with Crippen molar-refractivity contribution in [2.45, 2.75) is 30.2 Å². The zero-order chi connectivity index (χ0) is 18.6. The maximum atomic E-state index is 13.6. The minimum atomic E-state index is -4.06. The second kappa shape index (κ2) is 6.03. The third-order valence-corrected chi connectivity index (χ3v) is 7.11. The molecule has 4 rings (SSSR count). The molecule has 1 saturated heterocycles. The molecule has 2 heterocycles. The van der Waals surface area contributed by atoms with Crippen LogP contribution in [0.3, 0.4) is 0 Å². The van der Waals surface area contributed by atoms with Gasteiger partial charge in [-0.2, -0.15) is 0 Å². The number of likely N-dealkylation sites (tertiary alicyclic amines) is 1. The van der Waals surface area contributed by atoms with Crippen LogP contribution in [0.5, 0.6) is 0 Å². The summed E-state index contributed by atoms with van der Waals surface area (Å²) < 4.78 is 55.3. The normalized spacial score (nSPS) is 23.0. The molecule has 0 radical (unpaired) electrons. The monoisotopic (exact) mass is 378 g/mol. The lowest BCUT2D eigenvalue weighted by atomic mass is 9.89. The van der Waals surface area contributed by atoms with Crippen LogP contribution in [0.25, 0.3) is 0 Å². The summed E-state index contributed by atoms with van der Waals surface area (Å²) in [5.41, 5.74) is 2.67. The summed E-state index contributed by atoms with van der Waals surface area (Å²) in [5, 5.41) is 0. The Bertz CT molecular complexity index is 957. The maximum absolute atomic E-state index is 13.6. The molecule has 2 atom stereocenters. The second-order valence-corrected chi connectivity index (χ2v) is 9.01. The van der Waals surface area contributed by atoms with E-state index < -0.39 is 21.7 Å². The molecule has 0 amide bonds. The summed E-state index contributed by atoms with van der Waals surface area (Å²) in [7, 11) is -2.04. The fraction of sp³-hybridized carbons (Fsp3) is 0.368. The Kier molecular flexibility index (Phi) is 4.04. The highest BCUT2D eigenvalue weighted by molar-refractivity contribution is 7.92. The first-order chi connectivity index (χ1) is 12.3. The molecule has 0 unspecified atom stereocenters. The molecule has 4 nitrogen and oxygen atoms in total. The van der Waals surface area contributed by atoms with Crippen LogP contribution in [-0.4, -0.2) is 39.5 Å². The van der Waals surface area contributed by atoms with Crippen molar-refractivity contribution in [2.75, 3.05) is 24.4 Å². The third-order valence-electron chi connectivity index (χ3n) is 5.29. The lowest BCUT2D eigenvalue weighted by Gasteiger charge is -2.36. The number of likely N-dealkylation sites (N-methyl/N-ethyl adjacent to an activating group) is 1. The largest absolute Gasteiger partial charge is 0.306 e. The van der Waals surface area contributed by atoms with Crippen molar-refractivity contribution in [3.8, 4) is 0 Å². The van der Waals surface area contributed by atoms with Crippen molar-refractivity contribution in [2.24, 2.45) is 0 Å². The minimum Gasteiger partial charge on any atom is -0.306 e. The fourth-order valence-corrected chi connectivity index (χ4v) is 5.92. The Morgan fingerprint density at radius 2 is 1.77 bits per heavy atom. The van der Waals surface area contributed by atoms with E-state index in [1.54, 1.807) is 6.07 Å². The number of aryl methyl sites for hydroxylation is 1. The van der Waals surface area contributed by atoms with Gasteiger partial charge < -0.3 is 4.90 Å². The molecule has 0 saturated carbocycles. The number of sulfonamides is 1. The van der Waals surface area contributed by atoms with E-state index in [1.165, 1.54) is 4.31 Å². The molecule has 0 bridgehead atoms. The zero-order valence-electron chi connectivity index (χ0n) is 14.6. The molecule has 2 aromatic carbocycles. The number of piperidine rings is 1. The van der Waals surface area contributed by atoms with Gasteiger partial charge in [-0.05, 0) is 50.7 Å². The van der Waals surface area contributed by atoms with Crippen LogP contribution in [0.15, 0.2) is 41.3 Å². The number of benzene rings is 2. The Morgan fingerprint density at radius 1 is 1.08 bits per heavy atom. The zero-order valence-corrected chi connectivity index (χ0v) is 15.4. The van der Waals surface area contributed by atoms with Crippen molar-refractivity contribution in [3.05, 3.63) is 59.2 Å². The predicted molar refractivity (Wildman–Crippen MR) is 95.8 cm³/mol. The molecule has 2 aliphatic rings. The Balaban J connectivity index is 1.87. The summed E-state index contributed by atoms with van der Waals surface area (Å²) in [6, 6.07) is 7.90. The van der Waals surface area contributed by atoms with Crippen molar-refractivity contribution in [1.29, 1.82) is 0 Å². The molecular formula is C19H20F2N2O2S. The quantitative estimate of drug-likeness (QED) is 0.805. The van der Waals surface area contributed by atoms with Crippen LogP contribution in [0.4, 0.5) is 14.5 Å². The molecule has 0 spiro atoms. The van der Waals surface area contributed by atoms with E-state index >= 15 is 0 Å². The molecule has 26 heavy (non-hydrogen) atoms. The standard InChI is InChI=1S/C19H20F2N2O2S/c1-12-3-4-18-16(7-12)17-11-22(2)6-5-19(17)23(18)26(24,25)15-9-13(20)8-14(21)10-15/h3-4,7-10,17,19H,5-6,11H2,1-2H3/t17-,19-/m1/s1. The average molecular weight is 378 g/mol. The molecule has 0 aromatic heterocycles. The SMILES string of the molecule is Cc1ccc2c(c1)[C@H]1CN(C)CC[C@H]1N2S(=O)(=O)c1cc(F)cc(F)c1. The van der Waals surface area contributed by atoms with Gasteiger partial charge in [0.25, 0.3) is 10.0 Å². The van der Waals surface area contributed by atoms with Gasteiger partial charge >= 0.3 is 0 Å². The van der Waals surface area contributed by atoms with Gasteiger partial charge in [-0.15, -0.1) is 0 Å². The number of fused-ring (bicyclic) bond motifs is 3. The van der Waals surface area contributed by atoms with Crippen molar-refractivity contribution < 1.29 is 17.2 Å². The fourth-order valence-electron chi connectivity index (χ4n) is 4.14. The van der Waals surface area contributed by atoms with Crippen molar-refractivity contribution in [1.82, 2.24) is 4.90 Å². The van der Waals surface area contributed by atoms with E-state index in [0.29, 0.717) is 18.2 Å². The van der Waals surface area contributed by atoms with Crippen molar-refractivity contribution >= 4 is 15.7 Å². The van der Waals surface area contributed by atoms with E-state index in [-0.39, 0.29) is 16.9 Å². The lowest BCUT2D eigenvalue weighted by molar-refractivity contribution is 0.237. The Hall–Kier alpha value is -1.99. The first-order valence-electron chi connectivity index (χ1n) is 8.57. The molecule has 2 aromatic rings. The van der Waals surface area contributed by atoms with E-state index in [4.69, 9.17) is 0 Å². The number of anilines is 1. The Labute approximate surface area is 152 Å². The highest BCUT2D eigenvalue weighted by Gasteiger charge is 2.46. The van der Waals surface area contributed by atoms with Gasteiger partial charge in [-0.25, -0.2) is 17.2 Å².